The van der Waals surface area contributed by atoms with Crippen LogP contribution in [-0.4, -0.2) is 22.1 Å². The van der Waals surface area contributed by atoms with Crippen molar-refractivity contribution in [1.29, 1.82) is 0 Å². The number of carbonyl (C=O) groups is 1. The number of rotatable bonds is 0. The molecule has 0 saturated carbocycles. The maximum absolute atomic E-state index is 8.36. The first-order valence-corrected chi connectivity index (χ1v) is 2.10. The predicted molar refractivity (Wildman–Crippen MR) is 29.4 cm³/mol. The van der Waals surface area contributed by atoms with E-state index in [1.54, 1.807) is 6.92 Å². The molecule has 0 aromatic rings. The summed E-state index contributed by atoms with van der Waals surface area (Å²) in [5, 5.41) is 14.8. The normalized spacial score (nSPS) is 10.7. The van der Waals surface area contributed by atoms with Gasteiger partial charge in [0.1, 0.15) is 0 Å². The second kappa shape index (κ2) is 9.24. The first kappa shape index (κ1) is 9.91. The zero-order valence-corrected chi connectivity index (χ0v) is 4.80. The molecule has 0 saturated heterocycles. The summed E-state index contributed by atoms with van der Waals surface area (Å²) < 4.78 is 0. The Morgan fingerprint density at radius 3 is 1.86 bits per heavy atom. The van der Waals surface area contributed by atoms with E-state index in [9.17, 15) is 0 Å². The van der Waals surface area contributed by atoms with Crippen LogP contribution in [0.5, 0.6) is 0 Å². The quantitative estimate of drug-likeness (QED) is 0.241. The van der Waals surface area contributed by atoms with Crippen LogP contribution in [-0.2, 0) is 4.79 Å². The molecule has 1 unspecified atom stereocenters. The van der Waals surface area contributed by atoms with Gasteiger partial charge in [0.15, 0.2) is 0 Å². The average molecular weight is 124 g/mol. The van der Waals surface area contributed by atoms with E-state index in [4.69, 9.17) is 15.0 Å². The minimum Gasteiger partial charge on any atom is -0.483 e. The Bertz CT molecular complexity index is 34.4. The summed E-state index contributed by atoms with van der Waals surface area (Å²) in [6, 6.07) is 0. The van der Waals surface area contributed by atoms with E-state index in [1.807, 2.05) is 0 Å². The molecule has 0 aromatic carbocycles. The molecule has 0 radical (unpaired) electrons. The highest BCUT2D eigenvalue weighted by atomic mass is 32.1. The number of hydrogen-bond acceptors (Lipinski definition) is 3. The molecule has 0 heterocycles. The van der Waals surface area contributed by atoms with Gasteiger partial charge in [0.05, 0.1) is 5.44 Å². The molecule has 3 nitrogen and oxygen atoms in total. The largest absolute Gasteiger partial charge is 0.483 e. The molecule has 0 amide bonds. The highest BCUT2D eigenvalue weighted by Crippen LogP contribution is 1.78. The van der Waals surface area contributed by atoms with Gasteiger partial charge in [-0.05, 0) is 6.92 Å². The Morgan fingerprint density at radius 1 is 1.86 bits per heavy atom. The lowest BCUT2D eigenvalue weighted by Gasteiger charge is -1.79. The zero-order chi connectivity index (χ0) is 6.28. The van der Waals surface area contributed by atoms with Crippen molar-refractivity contribution in [2.24, 2.45) is 0 Å². The number of aliphatic hydroxyl groups is 1. The van der Waals surface area contributed by atoms with Gasteiger partial charge in [-0.2, -0.15) is 0 Å². The lowest BCUT2D eigenvalue weighted by Crippen LogP contribution is -1.79. The Hall–Kier alpha value is -0.220. The summed E-state index contributed by atoms with van der Waals surface area (Å²) in [6.45, 7) is 1.34. The zero-order valence-electron chi connectivity index (χ0n) is 3.90. The molecule has 0 fully saturated rings. The van der Waals surface area contributed by atoms with Crippen LogP contribution in [0.3, 0.4) is 0 Å². The molecule has 0 aliphatic carbocycles. The molecule has 4 heteroatoms. The molecule has 1 atom stereocenters. The molecule has 7 heavy (non-hydrogen) atoms. The average Bonchev–Trinajstić information content (AvgIpc) is 1.33. The minimum absolute atomic E-state index is 0.250. The van der Waals surface area contributed by atoms with E-state index in [0.717, 1.165) is 0 Å². The first-order valence-electron chi connectivity index (χ1n) is 1.59. The highest BCUT2D eigenvalue weighted by molar-refractivity contribution is 7.80. The second-order valence-corrected chi connectivity index (χ2v) is 1.48. The van der Waals surface area contributed by atoms with Crippen LogP contribution in [0.4, 0.5) is 0 Å². The molecule has 0 spiro atoms. The molecule has 0 bridgehead atoms. The summed E-state index contributed by atoms with van der Waals surface area (Å²) in [5.41, 5.74) is -0.472. The number of thiol groups is 1. The summed E-state index contributed by atoms with van der Waals surface area (Å²) in [5.74, 6) is 0. The van der Waals surface area contributed by atoms with Gasteiger partial charge >= 0.3 is 0 Å². The lowest BCUT2D eigenvalue weighted by molar-refractivity contribution is -0.122. The maximum Gasteiger partial charge on any atom is 0.290 e. The molecule has 44 valence electrons. The molecule has 0 aliphatic rings. The first-order chi connectivity index (χ1) is 3.15. The number of carboxylic acid groups (broad SMARTS) is 1. The van der Waals surface area contributed by atoms with Gasteiger partial charge in [-0.3, -0.25) is 4.79 Å². The molecule has 2 N–H and O–H groups in total. The van der Waals surface area contributed by atoms with Gasteiger partial charge in [0.2, 0.25) is 0 Å². The van der Waals surface area contributed by atoms with Crippen molar-refractivity contribution in [1.82, 2.24) is 0 Å². The summed E-state index contributed by atoms with van der Waals surface area (Å²) in [4.78, 5) is 8.36. The second-order valence-electron chi connectivity index (χ2n) is 0.737. The molecular weight excluding hydrogens is 116 g/mol. The van der Waals surface area contributed by atoms with Crippen LogP contribution in [0, 0.1) is 0 Å². The third kappa shape index (κ3) is 1710. The minimum atomic E-state index is -0.472. The Kier molecular flexibility index (Phi) is 13.1. The molecule has 0 aromatic heterocycles. The van der Waals surface area contributed by atoms with Crippen molar-refractivity contribution in [3.05, 3.63) is 0 Å². The van der Waals surface area contributed by atoms with Gasteiger partial charge in [0.25, 0.3) is 6.47 Å². The fourth-order valence-electron chi connectivity index (χ4n) is 0. The van der Waals surface area contributed by atoms with Crippen LogP contribution in [0.25, 0.3) is 0 Å². The van der Waals surface area contributed by atoms with Crippen LogP contribution >= 0.6 is 12.6 Å². The monoisotopic (exact) mass is 124 g/mol. The van der Waals surface area contributed by atoms with Gasteiger partial charge < -0.3 is 10.2 Å². The molecule has 0 aliphatic heterocycles. The molecular formula is C3H8O3S. The number of hydrogen-bond donors (Lipinski definition) is 3. The SMILES string of the molecule is CC(O)S.O=CO. The van der Waals surface area contributed by atoms with Crippen molar-refractivity contribution in [3.8, 4) is 0 Å². The van der Waals surface area contributed by atoms with Gasteiger partial charge in [-0.15, -0.1) is 12.6 Å². The topological polar surface area (TPSA) is 57.5 Å². The Labute approximate surface area is 47.4 Å². The fourth-order valence-corrected chi connectivity index (χ4v) is 0. The predicted octanol–water partition coefficient (Wildman–Crippen LogP) is -0.0447. The van der Waals surface area contributed by atoms with Crippen molar-refractivity contribution in [2.75, 3.05) is 0 Å². The number of aliphatic hydroxyl groups excluding tert-OH is 1. The van der Waals surface area contributed by atoms with Gasteiger partial charge in [0, 0.05) is 0 Å². The van der Waals surface area contributed by atoms with E-state index in [2.05, 4.69) is 12.6 Å². The van der Waals surface area contributed by atoms with Crippen molar-refractivity contribution in [2.45, 2.75) is 12.4 Å². The Morgan fingerprint density at radius 2 is 1.86 bits per heavy atom. The van der Waals surface area contributed by atoms with E-state index in [0.29, 0.717) is 0 Å². The summed E-state index contributed by atoms with van der Waals surface area (Å²) in [6.07, 6.45) is 0. The van der Waals surface area contributed by atoms with Crippen LogP contribution in [0.1, 0.15) is 6.92 Å². The van der Waals surface area contributed by atoms with Crippen molar-refractivity contribution in [3.63, 3.8) is 0 Å². The third-order valence-electron chi connectivity index (χ3n) is 0. The van der Waals surface area contributed by atoms with Crippen molar-refractivity contribution >= 4 is 19.1 Å². The van der Waals surface area contributed by atoms with E-state index < -0.39 is 5.44 Å². The van der Waals surface area contributed by atoms with Crippen molar-refractivity contribution < 1.29 is 15.0 Å². The highest BCUT2D eigenvalue weighted by Gasteiger charge is 1.70. The third-order valence-corrected chi connectivity index (χ3v) is 0. The van der Waals surface area contributed by atoms with Gasteiger partial charge in [-0.1, -0.05) is 0 Å². The van der Waals surface area contributed by atoms with E-state index >= 15 is 0 Å². The van der Waals surface area contributed by atoms with E-state index in [1.165, 1.54) is 0 Å². The van der Waals surface area contributed by atoms with E-state index in [-0.39, 0.29) is 6.47 Å². The van der Waals surface area contributed by atoms with Crippen LogP contribution < -0.4 is 0 Å². The smallest absolute Gasteiger partial charge is 0.290 e. The standard InChI is InChI=1S/C2H6OS.CH2O2/c1-2(3)4;2-1-3/h2-4H,1H3;1H,(H,2,3). The summed E-state index contributed by atoms with van der Waals surface area (Å²) in [7, 11) is 0. The van der Waals surface area contributed by atoms with Crippen LogP contribution in [0.2, 0.25) is 0 Å². The Balaban J connectivity index is 0. The maximum atomic E-state index is 8.36. The van der Waals surface area contributed by atoms with Crippen LogP contribution in [0.15, 0.2) is 0 Å². The fraction of sp³-hybridized carbons (Fsp3) is 0.667. The lowest BCUT2D eigenvalue weighted by atomic mass is 10.9. The van der Waals surface area contributed by atoms with Gasteiger partial charge in [-0.25, -0.2) is 0 Å². The molecule has 0 rings (SSSR count). The summed E-state index contributed by atoms with van der Waals surface area (Å²) >= 11 is 3.52.